The summed E-state index contributed by atoms with van der Waals surface area (Å²) < 4.78 is 11.2. The SMILES string of the molecule is COc1ccccc1[C@H]1CC(=O)C2=C(C1)NC(C)=C(C(=O)O[C@@H]1CCN(C)C1)C2.Cc1cccc(O)c1. The summed E-state index contributed by atoms with van der Waals surface area (Å²) in [5.41, 5.74) is 5.14. The van der Waals surface area contributed by atoms with Crippen molar-refractivity contribution in [1.29, 1.82) is 0 Å². The Bertz CT molecular complexity index is 1210. The fourth-order valence-corrected chi connectivity index (χ4v) is 5.19. The Balaban J connectivity index is 0.000000342. The quantitative estimate of drug-likeness (QED) is 0.588. The van der Waals surface area contributed by atoms with Crippen molar-refractivity contribution >= 4 is 11.8 Å². The summed E-state index contributed by atoms with van der Waals surface area (Å²) >= 11 is 0. The van der Waals surface area contributed by atoms with E-state index in [4.69, 9.17) is 14.6 Å². The number of hydrogen-bond acceptors (Lipinski definition) is 7. The Kier molecular flexibility index (Phi) is 8.34. The van der Waals surface area contributed by atoms with E-state index in [0.29, 0.717) is 24.2 Å². The van der Waals surface area contributed by atoms with Crippen LogP contribution in [0.1, 0.15) is 49.7 Å². The highest BCUT2D eigenvalue weighted by molar-refractivity contribution is 6.01. The van der Waals surface area contributed by atoms with Crippen molar-refractivity contribution in [2.45, 2.75) is 51.6 Å². The number of Topliss-reactive ketones (excluding diaryl/α,β-unsaturated/α-hetero) is 1. The van der Waals surface area contributed by atoms with Crippen LogP contribution in [0.2, 0.25) is 0 Å². The molecule has 3 aliphatic rings. The standard InChI is InChI=1S/C23H28N2O4.C7H8O/c1-14-18(23(27)29-16-8-9-25(2)13-16)12-19-20(24-14)10-15(11-21(19)26)17-6-4-5-7-22(17)28-3;1-6-3-2-4-7(8)5-6/h4-7,15-16,24H,8-13H2,1-3H3;2-5,8H,1H3/t15-,16-;/m1./s1. The van der Waals surface area contributed by atoms with Gasteiger partial charge in [-0.2, -0.15) is 0 Å². The zero-order valence-electron chi connectivity index (χ0n) is 22.0. The Morgan fingerprint density at radius 3 is 2.54 bits per heavy atom. The Morgan fingerprint density at radius 1 is 1.11 bits per heavy atom. The minimum Gasteiger partial charge on any atom is -0.508 e. The molecule has 37 heavy (non-hydrogen) atoms. The first-order valence-electron chi connectivity index (χ1n) is 12.7. The zero-order chi connectivity index (χ0) is 26.5. The molecule has 7 nitrogen and oxygen atoms in total. The molecule has 196 valence electrons. The number of likely N-dealkylation sites (N-methyl/N-ethyl adjacent to an activating group) is 1. The highest BCUT2D eigenvalue weighted by Gasteiger charge is 2.35. The number of allylic oxidation sites excluding steroid dienone is 3. The van der Waals surface area contributed by atoms with Crippen molar-refractivity contribution in [2.24, 2.45) is 0 Å². The first-order chi connectivity index (χ1) is 17.7. The smallest absolute Gasteiger partial charge is 0.336 e. The number of aromatic hydroxyl groups is 1. The van der Waals surface area contributed by atoms with Gasteiger partial charge >= 0.3 is 5.97 Å². The molecule has 1 aliphatic carbocycles. The van der Waals surface area contributed by atoms with Gasteiger partial charge < -0.3 is 24.8 Å². The van der Waals surface area contributed by atoms with Gasteiger partial charge in [-0.3, -0.25) is 4.79 Å². The van der Waals surface area contributed by atoms with Crippen molar-refractivity contribution in [3.8, 4) is 11.5 Å². The number of esters is 1. The molecule has 2 heterocycles. The highest BCUT2D eigenvalue weighted by atomic mass is 16.5. The molecule has 1 saturated heterocycles. The largest absolute Gasteiger partial charge is 0.508 e. The van der Waals surface area contributed by atoms with Gasteiger partial charge in [0.05, 0.1) is 12.7 Å². The summed E-state index contributed by atoms with van der Waals surface area (Å²) in [4.78, 5) is 27.8. The average molecular weight is 505 g/mol. The molecule has 7 heteroatoms. The summed E-state index contributed by atoms with van der Waals surface area (Å²) in [6.07, 6.45) is 2.30. The third-order valence-corrected chi connectivity index (χ3v) is 7.18. The van der Waals surface area contributed by atoms with E-state index in [-0.39, 0.29) is 23.8 Å². The topological polar surface area (TPSA) is 88.1 Å². The maximum atomic E-state index is 13.0. The summed E-state index contributed by atoms with van der Waals surface area (Å²) in [6, 6.07) is 15.0. The minimum atomic E-state index is -0.304. The molecule has 0 spiro atoms. The van der Waals surface area contributed by atoms with Gasteiger partial charge in [-0.25, -0.2) is 4.79 Å². The summed E-state index contributed by atoms with van der Waals surface area (Å²) in [6.45, 7) is 5.53. The maximum Gasteiger partial charge on any atom is 0.336 e. The number of methoxy groups -OCH3 is 1. The van der Waals surface area contributed by atoms with Gasteiger partial charge in [-0.1, -0.05) is 30.3 Å². The lowest BCUT2D eigenvalue weighted by Gasteiger charge is -2.32. The van der Waals surface area contributed by atoms with Gasteiger partial charge in [0, 0.05) is 48.8 Å². The number of ether oxygens (including phenoxy) is 2. The predicted molar refractivity (Wildman–Crippen MR) is 142 cm³/mol. The average Bonchev–Trinajstić information content (AvgIpc) is 3.28. The Morgan fingerprint density at radius 2 is 1.89 bits per heavy atom. The van der Waals surface area contributed by atoms with Crippen LogP contribution in [-0.2, 0) is 14.3 Å². The molecule has 2 aromatic carbocycles. The lowest BCUT2D eigenvalue weighted by atomic mass is 9.78. The number of para-hydroxylation sites is 1. The summed E-state index contributed by atoms with van der Waals surface area (Å²) in [5, 5.41) is 12.1. The number of benzene rings is 2. The number of phenols is 1. The van der Waals surface area contributed by atoms with Crippen molar-refractivity contribution in [1.82, 2.24) is 10.2 Å². The Hall–Kier alpha value is -3.58. The van der Waals surface area contributed by atoms with Crippen LogP contribution in [0.3, 0.4) is 0 Å². The van der Waals surface area contributed by atoms with Crippen LogP contribution in [0.4, 0.5) is 0 Å². The van der Waals surface area contributed by atoms with E-state index in [1.807, 2.05) is 57.3 Å². The second kappa shape index (κ2) is 11.6. The lowest BCUT2D eigenvalue weighted by Crippen LogP contribution is -2.32. The van der Waals surface area contributed by atoms with E-state index in [1.54, 1.807) is 19.2 Å². The lowest BCUT2D eigenvalue weighted by molar-refractivity contribution is -0.143. The number of nitrogens with one attached hydrogen (secondary N) is 1. The maximum absolute atomic E-state index is 13.0. The van der Waals surface area contributed by atoms with Gasteiger partial charge in [-0.15, -0.1) is 0 Å². The van der Waals surface area contributed by atoms with E-state index in [9.17, 15) is 9.59 Å². The molecule has 2 atom stereocenters. The first-order valence-corrected chi connectivity index (χ1v) is 12.7. The molecule has 2 aliphatic heterocycles. The van der Waals surface area contributed by atoms with E-state index in [2.05, 4.69) is 10.2 Å². The second-order valence-corrected chi connectivity index (χ2v) is 10.0. The summed E-state index contributed by atoms with van der Waals surface area (Å²) in [7, 11) is 3.68. The molecule has 0 unspecified atom stereocenters. The molecule has 2 aromatic rings. The number of carbonyl (C=O) groups excluding carboxylic acids is 2. The summed E-state index contributed by atoms with van der Waals surface area (Å²) in [5.74, 6) is 1.00. The number of likely N-dealkylation sites (tertiary alicyclic amines) is 1. The molecule has 5 rings (SSSR count). The van der Waals surface area contributed by atoms with Crippen LogP contribution in [0, 0.1) is 6.92 Å². The number of carbonyl (C=O) groups is 2. The molecular formula is C30H36N2O5. The van der Waals surface area contributed by atoms with Gasteiger partial charge in [0.2, 0.25) is 0 Å². The normalized spacial score (nSPS) is 21.6. The molecule has 1 fully saturated rings. The Labute approximate surface area is 218 Å². The number of rotatable bonds is 4. The molecule has 0 aromatic heterocycles. The number of dihydropyridines is 1. The van der Waals surface area contributed by atoms with E-state index in [0.717, 1.165) is 59.8 Å². The third-order valence-electron chi connectivity index (χ3n) is 7.18. The molecule has 2 N–H and O–H groups in total. The fourth-order valence-electron chi connectivity index (χ4n) is 5.19. The third kappa shape index (κ3) is 6.41. The molecular weight excluding hydrogens is 468 g/mol. The number of hydrogen-bond donors (Lipinski definition) is 2. The molecule has 0 saturated carbocycles. The zero-order valence-corrected chi connectivity index (χ0v) is 22.0. The number of ketones is 1. The van der Waals surface area contributed by atoms with Crippen molar-refractivity contribution in [3.05, 3.63) is 82.2 Å². The van der Waals surface area contributed by atoms with E-state index < -0.39 is 0 Å². The van der Waals surface area contributed by atoms with Gasteiger partial charge in [-0.05, 0) is 63.1 Å². The van der Waals surface area contributed by atoms with Crippen molar-refractivity contribution in [3.63, 3.8) is 0 Å². The highest BCUT2D eigenvalue weighted by Crippen LogP contribution is 2.41. The number of aryl methyl sites for hydroxylation is 1. The van der Waals surface area contributed by atoms with Gasteiger partial charge in [0.15, 0.2) is 5.78 Å². The van der Waals surface area contributed by atoms with Gasteiger partial charge in [0.1, 0.15) is 17.6 Å². The first kappa shape index (κ1) is 26.5. The van der Waals surface area contributed by atoms with Crippen LogP contribution >= 0.6 is 0 Å². The second-order valence-electron chi connectivity index (χ2n) is 10.0. The van der Waals surface area contributed by atoms with Crippen LogP contribution < -0.4 is 10.1 Å². The predicted octanol–water partition coefficient (Wildman–Crippen LogP) is 4.61. The van der Waals surface area contributed by atoms with Crippen LogP contribution in [0.5, 0.6) is 11.5 Å². The van der Waals surface area contributed by atoms with Crippen LogP contribution in [0.25, 0.3) is 0 Å². The van der Waals surface area contributed by atoms with Crippen LogP contribution in [0.15, 0.2) is 71.1 Å². The van der Waals surface area contributed by atoms with Crippen molar-refractivity contribution in [2.75, 3.05) is 27.2 Å². The fraction of sp³-hybridized carbons (Fsp3) is 0.400. The van der Waals surface area contributed by atoms with Gasteiger partial charge in [0.25, 0.3) is 0 Å². The number of nitrogens with zero attached hydrogens (tertiary/aromatic N) is 1. The number of phenolic OH excluding ortho intramolecular Hbond substituents is 1. The minimum absolute atomic E-state index is 0.0693. The van der Waals surface area contributed by atoms with Crippen LogP contribution in [-0.4, -0.2) is 55.1 Å². The van der Waals surface area contributed by atoms with Crippen molar-refractivity contribution < 1.29 is 24.2 Å². The van der Waals surface area contributed by atoms with E-state index in [1.165, 1.54) is 0 Å². The molecule has 0 amide bonds. The molecule has 0 radical (unpaired) electrons. The monoisotopic (exact) mass is 504 g/mol. The van der Waals surface area contributed by atoms with E-state index >= 15 is 0 Å². The molecule has 0 bridgehead atoms.